The first-order valence-corrected chi connectivity index (χ1v) is 7.23. The van der Waals surface area contributed by atoms with Gasteiger partial charge in [-0.15, -0.1) is 0 Å². The zero-order valence-electron chi connectivity index (χ0n) is 12.2. The molecule has 1 saturated carbocycles. The molecule has 2 rings (SSSR count). The second-order valence-corrected chi connectivity index (χ2v) is 5.22. The summed E-state index contributed by atoms with van der Waals surface area (Å²) in [5, 5.41) is 3.39. The number of benzene rings is 1. The van der Waals surface area contributed by atoms with Crippen LogP contribution < -0.4 is 10.1 Å². The predicted molar refractivity (Wildman–Crippen MR) is 77.5 cm³/mol. The molecule has 1 aliphatic carbocycles. The number of methoxy groups -OCH3 is 1. The summed E-state index contributed by atoms with van der Waals surface area (Å²) in [5.74, 6) is 1.65. The Morgan fingerprint density at radius 3 is 2.42 bits per heavy atom. The van der Waals surface area contributed by atoms with E-state index in [-0.39, 0.29) is 12.1 Å². The summed E-state index contributed by atoms with van der Waals surface area (Å²) in [5.41, 5.74) is 1.27. The molecule has 106 valence electrons. The maximum absolute atomic E-state index is 5.68. The topological polar surface area (TPSA) is 30.5 Å². The monoisotopic (exact) mass is 263 g/mol. The number of rotatable bonds is 8. The first-order chi connectivity index (χ1) is 9.30. The molecule has 0 aromatic heterocycles. The average molecular weight is 263 g/mol. The molecule has 0 amide bonds. The van der Waals surface area contributed by atoms with Crippen molar-refractivity contribution in [2.75, 3.05) is 20.8 Å². The molecule has 0 bridgehead atoms. The Morgan fingerprint density at radius 1 is 1.26 bits per heavy atom. The van der Waals surface area contributed by atoms with Crippen LogP contribution in [0.3, 0.4) is 0 Å². The van der Waals surface area contributed by atoms with Gasteiger partial charge in [0.2, 0.25) is 0 Å². The van der Waals surface area contributed by atoms with Crippen LogP contribution in [0.15, 0.2) is 24.3 Å². The lowest BCUT2D eigenvalue weighted by atomic mass is 9.98. The first kappa shape index (κ1) is 14.4. The smallest absolute Gasteiger partial charge is 0.119 e. The molecule has 0 aliphatic heterocycles. The molecule has 2 atom stereocenters. The summed E-state index contributed by atoms with van der Waals surface area (Å²) in [6.45, 7) is 2.89. The molecule has 0 heterocycles. The minimum Gasteiger partial charge on any atom is -0.494 e. The summed E-state index contributed by atoms with van der Waals surface area (Å²) in [6.07, 6.45) is 3.88. The fraction of sp³-hybridized carbons (Fsp3) is 0.625. The molecule has 1 aromatic carbocycles. The standard InChI is InChI=1S/C16H25NO2/c1-4-11-19-14-9-7-12(8-10-14)15(17-2)16(18-3)13-5-6-13/h7-10,13,15-17H,4-6,11H2,1-3H3. The summed E-state index contributed by atoms with van der Waals surface area (Å²) in [6, 6.07) is 8.64. The molecule has 1 fully saturated rings. The number of ether oxygens (including phenoxy) is 2. The van der Waals surface area contributed by atoms with Crippen molar-refractivity contribution < 1.29 is 9.47 Å². The van der Waals surface area contributed by atoms with E-state index in [0.717, 1.165) is 18.8 Å². The van der Waals surface area contributed by atoms with E-state index in [1.165, 1.54) is 18.4 Å². The third-order valence-corrected chi connectivity index (χ3v) is 3.71. The van der Waals surface area contributed by atoms with Gasteiger partial charge in [-0.2, -0.15) is 0 Å². The minimum absolute atomic E-state index is 0.262. The molecule has 1 aliphatic rings. The molecule has 19 heavy (non-hydrogen) atoms. The van der Waals surface area contributed by atoms with Crippen molar-refractivity contribution in [3.63, 3.8) is 0 Å². The van der Waals surface area contributed by atoms with Crippen LogP contribution >= 0.6 is 0 Å². The Labute approximate surface area is 116 Å². The van der Waals surface area contributed by atoms with Crippen molar-refractivity contribution in [1.82, 2.24) is 5.32 Å². The highest BCUT2D eigenvalue weighted by molar-refractivity contribution is 5.30. The van der Waals surface area contributed by atoms with Gasteiger partial charge in [-0.1, -0.05) is 19.1 Å². The Hall–Kier alpha value is -1.06. The van der Waals surface area contributed by atoms with Crippen LogP contribution in [0.2, 0.25) is 0 Å². The van der Waals surface area contributed by atoms with Crippen molar-refractivity contribution in [2.24, 2.45) is 5.92 Å². The van der Waals surface area contributed by atoms with Gasteiger partial charge in [-0.3, -0.25) is 0 Å². The van der Waals surface area contributed by atoms with Gasteiger partial charge in [0.15, 0.2) is 0 Å². The van der Waals surface area contributed by atoms with Crippen molar-refractivity contribution in [1.29, 1.82) is 0 Å². The van der Waals surface area contributed by atoms with Gasteiger partial charge >= 0.3 is 0 Å². The fourth-order valence-corrected chi connectivity index (χ4v) is 2.54. The lowest BCUT2D eigenvalue weighted by Crippen LogP contribution is -2.32. The Morgan fingerprint density at radius 2 is 1.95 bits per heavy atom. The van der Waals surface area contributed by atoms with E-state index < -0.39 is 0 Å². The summed E-state index contributed by atoms with van der Waals surface area (Å²) in [4.78, 5) is 0. The minimum atomic E-state index is 0.262. The van der Waals surface area contributed by atoms with Crippen LogP contribution in [0.4, 0.5) is 0 Å². The maximum Gasteiger partial charge on any atom is 0.119 e. The zero-order valence-corrected chi connectivity index (χ0v) is 12.2. The highest BCUT2D eigenvalue weighted by Gasteiger charge is 2.36. The van der Waals surface area contributed by atoms with Crippen molar-refractivity contribution in [2.45, 2.75) is 38.3 Å². The molecule has 3 nitrogen and oxygen atoms in total. The molecule has 0 radical (unpaired) electrons. The zero-order chi connectivity index (χ0) is 13.7. The van der Waals surface area contributed by atoms with Crippen LogP contribution in [0.5, 0.6) is 5.75 Å². The quantitative estimate of drug-likeness (QED) is 0.781. The van der Waals surface area contributed by atoms with Gasteiger partial charge < -0.3 is 14.8 Å². The number of hydrogen-bond acceptors (Lipinski definition) is 3. The molecular weight excluding hydrogens is 238 g/mol. The van der Waals surface area contributed by atoms with E-state index in [1.54, 1.807) is 0 Å². The second-order valence-electron chi connectivity index (χ2n) is 5.22. The van der Waals surface area contributed by atoms with E-state index >= 15 is 0 Å². The lowest BCUT2D eigenvalue weighted by Gasteiger charge is -2.26. The van der Waals surface area contributed by atoms with Gasteiger partial charge in [-0.05, 0) is 49.9 Å². The third-order valence-electron chi connectivity index (χ3n) is 3.71. The highest BCUT2D eigenvalue weighted by Crippen LogP contribution is 2.39. The summed E-state index contributed by atoms with van der Waals surface area (Å²) < 4.78 is 11.3. The van der Waals surface area contributed by atoms with Gasteiger partial charge in [0.1, 0.15) is 5.75 Å². The average Bonchev–Trinajstić information content (AvgIpc) is 3.27. The summed E-state index contributed by atoms with van der Waals surface area (Å²) in [7, 11) is 3.81. The van der Waals surface area contributed by atoms with Gasteiger partial charge in [-0.25, -0.2) is 0 Å². The van der Waals surface area contributed by atoms with E-state index in [0.29, 0.717) is 5.92 Å². The van der Waals surface area contributed by atoms with Crippen LogP contribution in [0, 0.1) is 5.92 Å². The van der Waals surface area contributed by atoms with Gasteiger partial charge in [0.05, 0.1) is 18.8 Å². The molecular formula is C16H25NO2. The molecule has 2 unspecified atom stereocenters. The number of nitrogens with one attached hydrogen (secondary N) is 1. The Kier molecular flexibility index (Phi) is 5.23. The van der Waals surface area contributed by atoms with Crippen molar-refractivity contribution in [3.8, 4) is 5.75 Å². The van der Waals surface area contributed by atoms with Gasteiger partial charge in [0, 0.05) is 7.11 Å². The van der Waals surface area contributed by atoms with E-state index in [4.69, 9.17) is 9.47 Å². The Balaban J connectivity index is 2.05. The third kappa shape index (κ3) is 3.71. The number of hydrogen-bond donors (Lipinski definition) is 1. The molecule has 0 spiro atoms. The van der Waals surface area contributed by atoms with Crippen molar-refractivity contribution >= 4 is 0 Å². The second kappa shape index (κ2) is 6.92. The SMILES string of the molecule is CCCOc1ccc(C(NC)C(OC)C2CC2)cc1. The van der Waals surface area contributed by atoms with Gasteiger partial charge in [0.25, 0.3) is 0 Å². The summed E-state index contributed by atoms with van der Waals surface area (Å²) >= 11 is 0. The maximum atomic E-state index is 5.68. The predicted octanol–water partition coefficient (Wildman–Crippen LogP) is 3.16. The molecule has 0 saturated heterocycles. The highest BCUT2D eigenvalue weighted by atomic mass is 16.5. The largest absolute Gasteiger partial charge is 0.494 e. The van der Waals surface area contributed by atoms with Crippen LogP contribution in [0.25, 0.3) is 0 Å². The van der Waals surface area contributed by atoms with Crippen molar-refractivity contribution in [3.05, 3.63) is 29.8 Å². The van der Waals surface area contributed by atoms with Crippen LogP contribution in [0.1, 0.15) is 37.8 Å². The van der Waals surface area contributed by atoms with Crippen LogP contribution in [-0.4, -0.2) is 26.9 Å². The van der Waals surface area contributed by atoms with E-state index in [2.05, 4.69) is 36.5 Å². The first-order valence-electron chi connectivity index (χ1n) is 7.23. The lowest BCUT2D eigenvalue weighted by molar-refractivity contribution is 0.0530. The van der Waals surface area contributed by atoms with Crippen LogP contribution in [-0.2, 0) is 4.74 Å². The molecule has 1 N–H and O–H groups in total. The van der Waals surface area contributed by atoms with E-state index in [9.17, 15) is 0 Å². The Bertz CT molecular complexity index is 373. The molecule has 1 aromatic rings. The normalized spacial score (nSPS) is 18.1. The number of likely N-dealkylation sites (N-methyl/N-ethyl adjacent to an activating group) is 1. The van der Waals surface area contributed by atoms with E-state index in [1.807, 2.05) is 14.2 Å². The molecule has 3 heteroatoms. The fourth-order valence-electron chi connectivity index (χ4n) is 2.54.